The molecule has 116 valence electrons. The van der Waals surface area contributed by atoms with Crippen molar-refractivity contribution in [2.45, 2.75) is 51.6 Å². The predicted octanol–water partition coefficient (Wildman–Crippen LogP) is 3.24. The summed E-state index contributed by atoms with van der Waals surface area (Å²) >= 11 is 0. The standard InChI is InChI=1S/C18H29N3/c1-14-15(2)21(13-10-18(14)19)17-8-6-16(7-9-17)20-11-4-3-5-12-20/h6-9,14-15,18H,3-5,10-13,19H2,1-2H3. The molecule has 0 spiro atoms. The van der Waals surface area contributed by atoms with E-state index in [9.17, 15) is 0 Å². The molecule has 3 atom stereocenters. The Morgan fingerprint density at radius 3 is 2.19 bits per heavy atom. The molecular formula is C18H29N3. The molecule has 2 saturated heterocycles. The summed E-state index contributed by atoms with van der Waals surface area (Å²) in [5, 5.41) is 0. The summed E-state index contributed by atoms with van der Waals surface area (Å²) in [6.45, 7) is 8.10. The number of hydrogen-bond donors (Lipinski definition) is 1. The van der Waals surface area contributed by atoms with E-state index in [0.29, 0.717) is 18.0 Å². The van der Waals surface area contributed by atoms with Crippen LogP contribution < -0.4 is 15.5 Å². The zero-order valence-corrected chi connectivity index (χ0v) is 13.5. The quantitative estimate of drug-likeness (QED) is 0.906. The van der Waals surface area contributed by atoms with E-state index in [1.165, 1.54) is 43.7 Å². The minimum absolute atomic E-state index is 0.351. The second-order valence-electron chi connectivity index (χ2n) is 6.81. The van der Waals surface area contributed by atoms with Gasteiger partial charge in [-0.1, -0.05) is 6.92 Å². The van der Waals surface area contributed by atoms with Gasteiger partial charge < -0.3 is 15.5 Å². The first-order valence-electron chi connectivity index (χ1n) is 8.54. The average molecular weight is 287 g/mol. The highest BCUT2D eigenvalue weighted by Crippen LogP contribution is 2.30. The first-order chi connectivity index (χ1) is 10.2. The highest BCUT2D eigenvalue weighted by molar-refractivity contribution is 5.57. The molecule has 21 heavy (non-hydrogen) atoms. The molecule has 2 fully saturated rings. The topological polar surface area (TPSA) is 32.5 Å². The minimum Gasteiger partial charge on any atom is -0.372 e. The molecule has 2 heterocycles. The molecule has 2 aliphatic heterocycles. The van der Waals surface area contributed by atoms with E-state index >= 15 is 0 Å². The van der Waals surface area contributed by atoms with Gasteiger partial charge in [-0.3, -0.25) is 0 Å². The molecule has 1 aromatic carbocycles. The van der Waals surface area contributed by atoms with Crippen LogP contribution in [0.5, 0.6) is 0 Å². The number of nitrogens with zero attached hydrogens (tertiary/aromatic N) is 2. The van der Waals surface area contributed by atoms with Crippen LogP contribution in [0.4, 0.5) is 11.4 Å². The smallest absolute Gasteiger partial charge is 0.0370 e. The van der Waals surface area contributed by atoms with Crippen molar-refractivity contribution in [3.05, 3.63) is 24.3 Å². The van der Waals surface area contributed by atoms with Gasteiger partial charge in [-0.25, -0.2) is 0 Å². The van der Waals surface area contributed by atoms with Crippen LogP contribution in [-0.2, 0) is 0 Å². The summed E-state index contributed by atoms with van der Waals surface area (Å²) in [4.78, 5) is 5.04. The summed E-state index contributed by atoms with van der Waals surface area (Å²) in [5.74, 6) is 0.556. The SMILES string of the molecule is CC1C(N)CCN(c2ccc(N3CCCCC3)cc2)C1C. The van der Waals surface area contributed by atoms with Gasteiger partial charge in [0.1, 0.15) is 0 Å². The Kier molecular flexibility index (Phi) is 4.39. The van der Waals surface area contributed by atoms with Crippen molar-refractivity contribution in [1.82, 2.24) is 0 Å². The van der Waals surface area contributed by atoms with E-state index < -0.39 is 0 Å². The third-order valence-corrected chi connectivity index (χ3v) is 5.53. The van der Waals surface area contributed by atoms with Crippen LogP contribution in [0.25, 0.3) is 0 Å². The lowest BCUT2D eigenvalue weighted by Gasteiger charge is -2.43. The third-order valence-electron chi connectivity index (χ3n) is 5.53. The second-order valence-corrected chi connectivity index (χ2v) is 6.81. The zero-order chi connectivity index (χ0) is 14.8. The Morgan fingerprint density at radius 1 is 0.905 bits per heavy atom. The Morgan fingerprint density at radius 2 is 1.52 bits per heavy atom. The predicted molar refractivity (Wildman–Crippen MR) is 91.1 cm³/mol. The van der Waals surface area contributed by atoms with E-state index in [-0.39, 0.29) is 0 Å². The number of piperidine rings is 2. The van der Waals surface area contributed by atoms with Gasteiger partial charge in [-0.2, -0.15) is 0 Å². The van der Waals surface area contributed by atoms with Crippen molar-refractivity contribution in [2.24, 2.45) is 11.7 Å². The maximum atomic E-state index is 6.20. The summed E-state index contributed by atoms with van der Waals surface area (Å²) in [5.41, 5.74) is 8.93. The van der Waals surface area contributed by atoms with Crippen LogP contribution in [0, 0.1) is 5.92 Å². The molecule has 3 rings (SSSR count). The average Bonchev–Trinajstić information content (AvgIpc) is 2.54. The molecule has 0 radical (unpaired) electrons. The number of anilines is 2. The lowest BCUT2D eigenvalue weighted by Crippen LogP contribution is -2.51. The first kappa shape index (κ1) is 14.7. The number of hydrogen-bond acceptors (Lipinski definition) is 3. The number of nitrogens with two attached hydrogens (primary N) is 1. The Labute approximate surface area is 129 Å². The molecule has 0 aliphatic carbocycles. The van der Waals surface area contributed by atoms with Gasteiger partial charge >= 0.3 is 0 Å². The van der Waals surface area contributed by atoms with Gasteiger partial charge in [-0.15, -0.1) is 0 Å². The monoisotopic (exact) mass is 287 g/mol. The van der Waals surface area contributed by atoms with Gasteiger partial charge in [-0.05, 0) is 62.8 Å². The number of benzene rings is 1. The second kappa shape index (κ2) is 6.27. The highest BCUT2D eigenvalue weighted by atomic mass is 15.2. The Bertz CT molecular complexity index is 450. The van der Waals surface area contributed by atoms with Crippen molar-refractivity contribution in [3.8, 4) is 0 Å². The maximum Gasteiger partial charge on any atom is 0.0370 e. The summed E-state index contributed by atoms with van der Waals surface area (Å²) in [7, 11) is 0. The van der Waals surface area contributed by atoms with Crippen molar-refractivity contribution in [2.75, 3.05) is 29.4 Å². The molecule has 2 aliphatic rings. The summed E-state index contributed by atoms with van der Waals surface area (Å²) in [6, 6.07) is 10.1. The molecule has 0 bridgehead atoms. The molecule has 0 aromatic heterocycles. The molecule has 0 amide bonds. The number of rotatable bonds is 2. The van der Waals surface area contributed by atoms with Gasteiger partial charge in [0.2, 0.25) is 0 Å². The lowest BCUT2D eigenvalue weighted by molar-refractivity contribution is 0.315. The molecule has 3 unspecified atom stereocenters. The lowest BCUT2D eigenvalue weighted by atomic mass is 9.87. The fraction of sp³-hybridized carbons (Fsp3) is 0.667. The molecule has 3 heteroatoms. The fourth-order valence-corrected chi connectivity index (χ4v) is 3.77. The minimum atomic E-state index is 0.351. The molecular weight excluding hydrogens is 258 g/mol. The van der Waals surface area contributed by atoms with E-state index in [1.807, 2.05) is 0 Å². The van der Waals surface area contributed by atoms with Crippen molar-refractivity contribution >= 4 is 11.4 Å². The normalized spacial score (nSPS) is 30.5. The van der Waals surface area contributed by atoms with E-state index in [1.54, 1.807) is 0 Å². The third kappa shape index (κ3) is 3.03. The van der Waals surface area contributed by atoms with Crippen LogP contribution >= 0.6 is 0 Å². The summed E-state index contributed by atoms with van der Waals surface area (Å²) < 4.78 is 0. The van der Waals surface area contributed by atoms with Gasteiger partial charge in [0.05, 0.1) is 0 Å². The largest absolute Gasteiger partial charge is 0.372 e. The molecule has 2 N–H and O–H groups in total. The molecule has 0 saturated carbocycles. The van der Waals surface area contributed by atoms with Gasteiger partial charge in [0, 0.05) is 43.1 Å². The van der Waals surface area contributed by atoms with Crippen molar-refractivity contribution < 1.29 is 0 Å². The van der Waals surface area contributed by atoms with Crippen molar-refractivity contribution in [3.63, 3.8) is 0 Å². The summed E-state index contributed by atoms with van der Waals surface area (Å²) in [6.07, 6.45) is 5.15. The van der Waals surface area contributed by atoms with E-state index in [4.69, 9.17) is 5.73 Å². The Balaban J connectivity index is 1.71. The maximum absolute atomic E-state index is 6.20. The van der Waals surface area contributed by atoms with Crippen LogP contribution in [0.3, 0.4) is 0 Å². The molecule has 1 aromatic rings. The van der Waals surface area contributed by atoms with E-state index in [0.717, 1.165) is 13.0 Å². The van der Waals surface area contributed by atoms with Crippen molar-refractivity contribution in [1.29, 1.82) is 0 Å². The van der Waals surface area contributed by atoms with Gasteiger partial charge in [0.25, 0.3) is 0 Å². The first-order valence-corrected chi connectivity index (χ1v) is 8.54. The van der Waals surface area contributed by atoms with Gasteiger partial charge in [0.15, 0.2) is 0 Å². The molecule has 3 nitrogen and oxygen atoms in total. The Hall–Kier alpha value is -1.22. The van der Waals surface area contributed by atoms with E-state index in [2.05, 4.69) is 47.9 Å². The fourth-order valence-electron chi connectivity index (χ4n) is 3.77. The zero-order valence-electron chi connectivity index (χ0n) is 13.5. The van der Waals surface area contributed by atoms with Crippen LogP contribution in [0.2, 0.25) is 0 Å². The highest BCUT2D eigenvalue weighted by Gasteiger charge is 2.30. The van der Waals surface area contributed by atoms with Crippen LogP contribution in [0.1, 0.15) is 39.5 Å². The van der Waals surface area contributed by atoms with Crippen LogP contribution in [0.15, 0.2) is 24.3 Å². The van der Waals surface area contributed by atoms with Crippen LogP contribution in [-0.4, -0.2) is 31.7 Å².